The lowest BCUT2D eigenvalue weighted by Crippen LogP contribution is -1.99. The fraction of sp³-hybridized carbons (Fsp3) is 0.286. The van der Waals surface area contributed by atoms with E-state index in [1.54, 1.807) is 6.20 Å². The van der Waals surface area contributed by atoms with Crippen LogP contribution >= 0.6 is 0 Å². The molecule has 0 aliphatic rings. The molecule has 0 spiro atoms. The van der Waals surface area contributed by atoms with E-state index in [0.717, 1.165) is 0 Å². The van der Waals surface area contributed by atoms with Gasteiger partial charge in [0.05, 0.1) is 0 Å². The van der Waals surface area contributed by atoms with E-state index in [2.05, 4.69) is 32.1 Å². The minimum atomic E-state index is 0.446. The van der Waals surface area contributed by atoms with Crippen LogP contribution in [0, 0.1) is 5.92 Å². The Morgan fingerprint density at radius 2 is 1.93 bits per heavy atom. The van der Waals surface area contributed by atoms with Gasteiger partial charge < -0.3 is 5.73 Å². The lowest BCUT2D eigenvalue weighted by molar-refractivity contribution is 0.853. The number of allylic oxidation sites excluding steroid dienone is 2. The summed E-state index contributed by atoms with van der Waals surface area (Å²) in [5.74, 6) is 0.446. The van der Waals surface area contributed by atoms with Gasteiger partial charge in [-0.1, -0.05) is 50.3 Å². The first-order valence-electron chi connectivity index (χ1n) is 5.34. The first kappa shape index (κ1) is 11.6. The molecule has 0 unspecified atom stereocenters. The summed E-state index contributed by atoms with van der Waals surface area (Å²) in [5.41, 5.74) is 9.34. The first-order valence-corrected chi connectivity index (χ1v) is 5.34. The Balaban J connectivity index is 3.23. The van der Waals surface area contributed by atoms with Crippen LogP contribution in [0.5, 0.6) is 0 Å². The van der Waals surface area contributed by atoms with Crippen LogP contribution < -0.4 is 5.73 Å². The fourth-order valence-electron chi connectivity index (χ4n) is 1.68. The number of nitrogens with two attached hydrogens (primary N) is 1. The van der Waals surface area contributed by atoms with Crippen LogP contribution in [0.4, 0.5) is 0 Å². The van der Waals surface area contributed by atoms with Crippen molar-refractivity contribution in [2.24, 2.45) is 11.7 Å². The van der Waals surface area contributed by atoms with Gasteiger partial charge in [-0.05, 0) is 35.7 Å². The summed E-state index contributed by atoms with van der Waals surface area (Å²) in [5, 5.41) is 0. The van der Waals surface area contributed by atoms with Gasteiger partial charge in [0.1, 0.15) is 0 Å². The van der Waals surface area contributed by atoms with Gasteiger partial charge >= 0.3 is 0 Å². The van der Waals surface area contributed by atoms with Gasteiger partial charge in [-0.15, -0.1) is 0 Å². The highest BCUT2D eigenvalue weighted by Crippen LogP contribution is 2.25. The lowest BCUT2D eigenvalue weighted by Gasteiger charge is -2.13. The molecule has 0 heterocycles. The second kappa shape index (κ2) is 5.40. The van der Waals surface area contributed by atoms with Crippen molar-refractivity contribution in [1.82, 2.24) is 0 Å². The molecule has 1 heteroatoms. The molecule has 0 bridgehead atoms. The summed E-state index contributed by atoms with van der Waals surface area (Å²) in [7, 11) is 0. The Morgan fingerprint density at radius 1 is 1.27 bits per heavy atom. The van der Waals surface area contributed by atoms with Gasteiger partial charge in [-0.2, -0.15) is 0 Å². The molecule has 15 heavy (non-hydrogen) atoms. The molecular formula is C14H19N. The fourth-order valence-corrected chi connectivity index (χ4v) is 1.68. The number of benzene rings is 1. The molecule has 1 nitrogen and oxygen atoms in total. The third-order valence-corrected chi connectivity index (χ3v) is 2.42. The van der Waals surface area contributed by atoms with Gasteiger partial charge in [-0.25, -0.2) is 0 Å². The third-order valence-electron chi connectivity index (χ3n) is 2.42. The number of hydrogen-bond donors (Lipinski definition) is 1. The molecule has 0 aliphatic heterocycles. The molecule has 0 radical (unpaired) electrons. The van der Waals surface area contributed by atoms with Gasteiger partial charge in [0.25, 0.3) is 0 Å². The zero-order valence-corrected chi connectivity index (χ0v) is 9.70. The maximum absolute atomic E-state index is 5.68. The number of hydrogen-bond acceptors (Lipinski definition) is 1. The van der Waals surface area contributed by atoms with Gasteiger partial charge in [0.2, 0.25) is 0 Å². The minimum absolute atomic E-state index is 0.446. The second-order valence-electron chi connectivity index (χ2n) is 3.86. The molecule has 1 aromatic carbocycles. The van der Waals surface area contributed by atoms with Crippen molar-refractivity contribution in [3.05, 3.63) is 47.7 Å². The maximum atomic E-state index is 5.68. The van der Waals surface area contributed by atoms with Crippen molar-refractivity contribution in [3.8, 4) is 0 Å². The Labute approximate surface area is 92.3 Å². The van der Waals surface area contributed by atoms with E-state index < -0.39 is 0 Å². The van der Waals surface area contributed by atoms with E-state index in [1.807, 2.05) is 25.1 Å². The SMILES string of the molecule is C/C=C\c1ccccc1/C(=C\N)C(C)C. The Hall–Kier alpha value is -1.50. The van der Waals surface area contributed by atoms with E-state index in [1.165, 1.54) is 16.7 Å². The standard InChI is InChI=1S/C14H19N/c1-4-7-12-8-5-6-9-13(12)14(10-15)11(2)3/h4-11H,15H2,1-3H3/b7-4-,14-10-. The van der Waals surface area contributed by atoms with Crippen molar-refractivity contribution in [2.75, 3.05) is 0 Å². The van der Waals surface area contributed by atoms with Crippen LogP contribution in [0.1, 0.15) is 31.9 Å². The molecule has 80 valence electrons. The minimum Gasteiger partial charge on any atom is -0.404 e. The monoisotopic (exact) mass is 201 g/mol. The molecule has 0 saturated heterocycles. The first-order chi connectivity index (χ1) is 7.20. The Morgan fingerprint density at radius 3 is 2.47 bits per heavy atom. The van der Waals surface area contributed by atoms with Crippen molar-refractivity contribution < 1.29 is 0 Å². The van der Waals surface area contributed by atoms with Crippen LogP contribution in [0.25, 0.3) is 11.6 Å². The van der Waals surface area contributed by atoms with Crippen molar-refractivity contribution in [1.29, 1.82) is 0 Å². The van der Waals surface area contributed by atoms with Gasteiger partial charge in [-0.3, -0.25) is 0 Å². The Kier molecular flexibility index (Phi) is 4.17. The topological polar surface area (TPSA) is 26.0 Å². The average Bonchev–Trinajstić information content (AvgIpc) is 2.21. The summed E-state index contributed by atoms with van der Waals surface area (Å²) >= 11 is 0. The van der Waals surface area contributed by atoms with Gasteiger partial charge in [0.15, 0.2) is 0 Å². The average molecular weight is 201 g/mol. The van der Waals surface area contributed by atoms with Crippen LogP contribution in [-0.2, 0) is 0 Å². The predicted molar refractivity (Wildman–Crippen MR) is 68.2 cm³/mol. The lowest BCUT2D eigenvalue weighted by atomic mass is 9.92. The number of rotatable bonds is 3. The van der Waals surface area contributed by atoms with E-state index >= 15 is 0 Å². The maximum Gasteiger partial charge on any atom is -0.00208 e. The second-order valence-corrected chi connectivity index (χ2v) is 3.86. The van der Waals surface area contributed by atoms with Crippen LogP contribution in [0.2, 0.25) is 0 Å². The molecule has 2 N–H and O–H groups in total. The van der Waals surface area contributed by atoms with Crippen LogP contribution in [0.3, 0.4) is 0 Å². The normalized spacial score (nSPS) is 12.7. The summed E-state index contributed by atoms with van der Waals surface area (Å²) < 4.78 is 0. The van der Waals surface area contributed by atoms with E-state index in [9.17, 15) is 0 Å². The van der Waals surface area contributed by atoms with Crippen molar-refractivity contribution in [3.63, 3.8) is 0 Å². The molecule has 0 aliphatic carbocycles. The molecule has 1 rings (SSSR count). The molecule has 0 fully saturated rings. The highest BCUT2D eigenvalue weighted by Gasteiger charge is 2.08. The Bertz CT molecular complexity index is 373. The smallest absolute Gasteiger partial charge is 0.00208 e. The molecular weight excluding hydrogens is 182 g/mol. The molecule has 1 aromatic rings. The zero-order chi connectivity index (χ0) is 11.3. The van der Waals surface area contributed by atoms with Crippen LogP contribution in [-0.4, -0.2) is 0 Å². The van der Waals surface area contributed by atoms with Crippen molar-refractivity contribution in [2.45, 2.75) is 20.8 Å². The largest absolute Gasteiger partial charge is 0.404 e. The predicted octanol–water partition coefficient (Wildman–Crippen LogP) is 3.68. The van der Waals surface area contributed by atoms with Gasteiger partial charge in [0, 0.05) is 0 Å². The highest BCUT2D eigenvalue weighted by atomic mass is 14.5. The summed E-state index contributed by atoms with van der Waals surface area (Å²) in [6, 6.07) is 8.33. The van der Waals surface area contributed by atoms with E-state index in [4.69, 9.17) is 5.73 Å². The molecule has 0 aromatic heterocycles. The third kappa shape index (κ3) is 2.72. The van der Waals surface area contributed by atoms with E-state index in [0.29, 0.717) is 5.92 Å². The quantitative estimate of drug-likeness (QED) is 0.793. The zero-order valence-electron chi connectivity index (χ0n) is 9.70. The van der Waals surface area contributed by atoms with Crippen molar-refractivity contribution >= 4 is 11.6 Å². The summed E-state index contributed by atoms with van der Waals surface area (Å²) in [6.07, 6.45) is 5.88. The van der Waals surface area contributed by atoms with E-state index in [-0.39, 0.29) is 0 Å². The molecule has 0 saturated carbocycles. The summed E-state index contributed by atoms with van der Waals surface area (Å²) in [6.45, 7) is 6.34. The summed E-state index contributed by atoms with van der Waals surface area (Å²) in [4.78, 5) is 0. The molecule has 0 atom stereocenters. The highest BCUT2D eigenvalue weighted by molar-refractivity contribution is 5.74. The van der Waals surface area contributed by atoms with Crippen LogP contribution in [0.15, 0.2) is 36.5 Å². The molecule has 0 amide bonds.